The van der Waals surface area contributed by atoms with Gasteiger partial charge in [-0.3, -0.25) is 4.79 Å². The van der Waals surface area contributed by atoms with Gasteiger partial charge in [0.1, 0.15) is 6.54 Å². The Bertz CT molecular complexity index is 381. The van der Waals surface area contributed by atoms with Gasteiger partial charge < -0.3 is 15.7 Å². The van der Waals surface area contributed by atoms with Gasteiger partial charge in [0.05, 0.1) is 3.79 Å². The fourth-order valence-corrected chi connectivity index (χ4v) is 2.49. The summed E-state index contributed by atoms with van der Waals surface area (Å²) in [4.78, 5) is 22.4. The summed E-state index contributed by atoms with van der Waals surface area (Å²) in [6, 6.07) is 3.47. The number of nitrogens with one attached hydrogen (secondary N) is 2. The zero-order chi connectivity index (χ0) is 12.0. The topological polar surface area (TPSA) is 78.4 Å². The lowest BCUT2D eigenvalue weighted by atomic mass is 10.3. The summed E-state index contributed by atoms with van der Waals surface area (Å²) in [7, 11) is 0. The van der Waals surface area contributed by atoms with Gasteiger partial charge in [-0.05, 0) is 34.5 Å². The lowest BCUT2D eigenvalue weighted by molar-refractivity contribution is -0.135. The highest BCUT2D eigenvalue weighted by Gasteiger charge is 2.03. The molecule has 0 aliphatic heterocycles. The van der Waals surface area contributed by atoms with Crippen LogP contribution in [0.2, 0.25) is 0 Å². The number of urea groups is 1. The average molecular weight is 307 g/mol. The molecule has 1 heterocycles. The fourth-order valence-electron chi connectivity index (χ4n) is 1.00. The third-order valence-electron chi connectivity index (χ3n) is 1.69. The molecule has 1 rings (SSSR count). The maximum Gasteiger partial charge on any atom is 0.323 e. The van der Waals surface area contributed by atoms with Gasteiger partial charge in [0.15, 0.2) is 0 Å². The molecule has 0 atom stereocenters. The third-order valence-corrected chi connectivity index (χ3v) is 3.37. The molecule has 0 spiro atoms. The van der Waals surface area contributed by atoms with Crippen LogP contribution in [0.15, 0.2) is 15.9 Å². The van der Waals surface area contributed by atoms with Crippen molar-refractivity contribution in [3.05, 3.63) is 20.8 Å². The second-order valence-corrected chi connectivity index (χ2v) is 5.51. The molecule has 16 heavy (non-hydrogen) atoms. The van der Waals surface area contributed by atoms with E-state index >= 15 is 0 Å². The second-order valence-electron chi connectivity index (χ2n) is 2.96. The molecule has 3 N–H and O–H groups in total. The van der Waals surface area contributed by atoms with Gasteiger partial charge in [0.2, 0.25) is 0 Å². The van der Waals surface area contributed by atoms with Crippen molar-refractivity contribution in [2.75, 3.05) is 13.1 Å². The number of carboxylic acid groups (broad SMARTS) is 1. The minimum Gasteiger partial charge on any atom is -0.480 e. The molecule has 88 valence electrons. The van der Waals surface area contributed by atoms with E-state index in [0.29, 0.717) is 6.54 Å². The van der Waals surface area contributed by atoms with E-state index in [0.717, 1.165) is 15.1 Å². The number of thiophene rings is 1. The number of aliphatic carboxylic acids is 1. The molecule has 0 unspecified atom stereocenters. The molecule has 1 aromatic rings. The largest absolute Gasteiger partial charge is 0.480 e. The normalized spacial score (nSPS) is 9.81. The first kappa shape index (κ1) is 13.0. The molecule has 0 fully saturated rings. The van der Waals surface area contributed by atoms with Crippen molar-refractivity contribution < 1.29 is 14.7 Å². The summed E-state index contributed by atoms with van der Waals surface area (Å²) in [5, 5.41) is 13.1. The molecule has 0 bridgehead atoms. The molecular weight excluding hydrogens is 296 g/mol. The Labute approximate surface area is 105 Å². The van der Waals surface area contributed by atoms with Crippen molar-refractivity contribution in [1.29, 1.82) is 0 Å². The molecule has 0 saturated heterocycles. The molecule has 0 radical (unpaired) electrons. The maximum absolute atomic E-state index is 11.1. The van der Waals surface area contributed by atoms with Crippen LogP contribution in [0.4, 0.5) is 4.79 Å². The molecule has 7 heteroatoms. The number of rotatable bonds is 5. The number of amides is 2. The van der Waals surface area contributed by atoms with Crippen LogP contribution in [0.5, 0.6) is 0 Å². The first-order valence-electron chi connectivity index (χ1n) is 4.55. The van der Waals surface area contributed by atoms with Crippen molar-refractivity contribution in [2.24, 2.45) is 0 Å². The monoisotopic (exact) mass is 306 g/mol. The van der Waals surface area contributed by atoms with E-state index < -0.39 is 12.0 Å². The van der Waals surface area contributed by atoms with Crippen LogP contribution in [0, 0.1) is 0 Å². The minimum atomic E-state index is -1.06. The molecule has 0 aliphatic carbocycles. The van der Waals surface area contributed by atoms with Crippen molar-refractivity contribution in [3.63, 3.8) is 0 Å². The third kappa shape index (κ3) is 5.13. The Morgan fingerprint density at radius 1 is 1.38 bits per heavy atom. The number of carbonyl (C=O) groups is 2. The van der Waals surface area contributed by atoms with Crippen LogP contribution in [-0.4, -0.2) is 30.2 Å². The van der Waals surface area contributed by atoms with E-state index in [1.807, 2.05) is 12.1 Å². The molecular formula is C9H11BrN2O3S. The summed E-state index contributed by atoms with van der Waals surface area (Å²) in [6.45, 7) is 0.120. The summed E-state index contributed by atoms with van der Waals surface area (Å²) < 4.78 is 1.05. The first-order valence-corrected chi connectivity index (χ1v) is 6.16. The van der Waals surface area contributed by atoms with E-state index in [1.165, 1.54) is 0 Å². The lowest BCUT2D eigenvalue weighted by Crippen LogP contribution is -2.39. The van der Waals surface area contributed by atoms with Crippen LogP contribution in [0.3, 0.4) is 0 Å². The summed E-state index contributed by atoms with van der Waals surface area (Å²) in [5.41, 5.74) is 0. The molecule has 0 aliphatic rings. The highest BCUT2D eigenvalue weighted by atomic mass is 79.9. The Morgan fingerprint density at radius 3 is 2.69 bits per heavy atom. The summed E-state index contributed by atoms with van der Waals surface area (Å²) in [6.07, 6.45) is 0.733. The number of carbonyl (C=O) groups excluding carboxylic acids is 1. The lowest BCUT2D eigenvalue weighted by Gasteiger charge is -2.04. The maximum atomic E-state index is 11.1. The second kappa shape index (κ2) is 6.49. The number of carboxylic acids is 1. The van der Waals surface area contributed by atoms with Crippen molar-refractivity contribution in [3.8, 4) is 0 Å². The highest BCUT2D eigenvalue weighted by Crippen LogP contribution is 2.21. The van der Waals surface area contributed by atoms with Gasteiger partial charge in [-0.15, -0.1) is 11.3 Å². The van der Waals surface area contributed by atoms with Crippen LogP contribution in [-0.2, 0) is 11.2 Å². The van der Waals surface area contributed by atoms with E-state index in [9.17, 15) is 9.59 Å². The van der Waals surface area contributed by atoms with Crippen LogP contribution in [0.1, 0.15) is 4.88 Å². The van der Waals surface area contributed by atoms with Gasteiger partial charge in [0.25, 0.3) is 0 Å². The highest BCUT2D eigenvalue weighted by molar-refractivity contribution is 9.11. The summed E-state index contributed by atoms with van der Waals surface area (Å²) in [5.74, 6) is -1.06. The number of hydrogen-bond donors (Lipinski definition) is 3. The van der Waals surface area contributed by atoms with Crippen molar-refractivity contribution in [2.45, 2.75) is 6.42 Å². The van der Waals surface area contributed by atoms with Crippen molar-refractivity contribution >= 4 is 39.3 Å². The van der Waals surface area contributed by atoms with Crippen molar-refractivity contribution in [1.82, 2.24) is 10.6 Å². The smallest absolute Gasteiger partial charge is 0.323 e. The standard InChI is InChI=1S/C9H11BrN2O3S/c10-7-2-1-6(16-7)3-4-11-9(15)12-5-8(13)14/h1-2H,3-5H2,(H,13,14)(H2,11,12,15). The van der Waals surface area contributed by atoms with Crippen LogP contribution in [0.25, 0.3) is 0 Å². The minimum absolute atomic E-state index is 0.365. The zero-order valence-corrected chi connectivity index (χ0v) is 10.7. The Kier molecular flexibility index (Phi) is 5.27. The fraction of sp³-hybridized carbons (Fsp3) is 0.333. The van der Waals surface area contributed by atoms with Gasteiger partial charge in [-0.2, -0.15) is 0 Å². The molecule has 2 amide bonds. The Hall–Kier alpha value is -1.08. The number of hydrogen-bond acceptors (Lipinski definition) is 3. The number of halogens is 1. The average Bonchev–Trinajstić information content (AvgIpc) is 2.61. The quantitative estimate of drug-likeness (QED) is 0.770. The SMILES string of the molecule is O=C(O)CNC(=O)NCCc1ccc(Br)s1. The first-order chi connectivity index (χ1) is 7.58. The van der Waals surface area contributed by atoms with Gasteiger partial charge in [-0.1, -0.05) is 0 Å². The van der Waals surface area contributed by atoms with Gasteiger partial charge in [-0.25, -0.2) is 4.79 Å². The van der Waals surface area contributed by atoms with E-state index in [4.69, 9.17) is 5.11 Å². The predicted octanol–water partition coefficient (Wildman–Crippen LogP) is 1.44. The predicted molar refractivity (Wildman–Crippen MR) is 64.8 cm³/mol. The van der Waals surface area contributed by atoms with E-state index in [-0.39, 0.29) is 6.54 Å². The van der Waals surface area contributed by atoms with E-state index in [1.54, 1.807) is 11.3 Å². The van der Waals surface area contributed by atoms with Crippen LogP contribution < -0.4 is 10.6 Å². The molecule has 0 saturated carbocycles. The van der Waals surface area contributed by atoms with Gasteiger partial charge in [0, 0.05) is 11.4 Å². The molecule has 1 aromatic heterocycles. The van der Waals surface area contributed by atoms with E-state index in [2.05, 4.69) is 26.6 Å². The zero-order valence-electron chi connectivity index (χ0n) is 8.33. The van der Waals surface area contributed by atoms with Gasteiger partial charge >= 0.3 is 12.0 Å². The molecule has 0 aromatic carbocycles. The molecule has 5 nitrogen and oxygen atoms in total. The van der Waals surface area contributed by atoms with Crippen LogP contribution >= 0.6 is 27.3 Å². The summed E-state index contributed by atoms with van der Waals surface area (Å²) >= 11 is 4.96. The Morgan fingerprint density at radius 2 is 2.12 bits per heavy atom. The Balaban J connectivity index is 2.15.